The van der Waals surface area contributed by atoms with Crippen molar-refractivity contribution in [2.45, 2.75) is 46.7 Å². The zero-order valence-electron chi connectivity index (χ0n) is 22.2. The molecule has 4 rings (SSSR count). The minimum absolute atomic E-state index is 0.0220. The van der Waals surface area contributed by atoms with Gasteiger partial charge in [0.1, 0.15) is 5.82 Å². The van der Waals surface area contributed by atoms with Crippen molar-refractivity contribution in [1.82, 2.24) is 15.1 Å². The molecule has 3 aromatic rings. The number of carbonyl (C=O) groups excluding carboxylic acids is 3. The first-order chi connectivity index (χ1) is 18.3. The summed E-state index contributed by atoms with van der Waals surface area (Å²) in [7, 11) is 0. The maximum Gasteiger partial charge on any atom is 0.251 e. The lowest BCUT2D eigenvalue weighted by Crippen LogP contribution is -2.44. The minimum Gasteiger partial charge on any atom is -0.352 e. The van der Waals surface area contributed by atoms with E-state index >= 15 is 0 Å². The second-order valence-electron chi connectivity index (χ2n) is 9.61. The molecule has 0 spiro atoms. The molecule has 6 nitrogen and oxygen atoms in total. The van der Waals surface area contributed by atoms with Crippen LogP contribution in [0.1, 0.15) is 44.7 Å². The molecule has 1 heterocycles. The molecular formula is C31H34FN3O3. The zero-order chi connectivity index (χ0) is 27.2. The molecule has 1 unspecified atom stereocenters. The molecular weight excluding hydrogens is 481 g/mol. The SMILES string of the molecule is CCN(CC)C(=O)C1=C(C)N(Cc2ccc(F)cc2)C(=O)C(CC(=O)NCc2cccc3ccccc23)C1. The Kier molecular flexibility index (Phi) is 8.56. The van der Waals surface area contributed by atoms with Crippen LogP contribution in [0.4, 0.5) is 4.39 Å². The lowest BCUT2D eigenvalue weighted by Gasteiger charge is -2.36. The second-order valence-corrected chi connectivity index (χ2v) is 9.61. The van der Waals surface area contributed by atoms with Gasteiger partial charge in [-0.15, -0.1) is 0 Å². The summed E-state index contributed by atoms with van der Waals surface area (Å²) in [5, 5.41) is 5.13. The Bertz CT molecular complexity index is 1360. The summed E-state index contributed by atoms with van der Waals surface area (Å²) in [6.45, 7) is 7.26. The van der Waals surface area contributed by atoms with Gasteiger partial charge in [-0.05, 0) is 61.2 Å². The predicted molar refractivity (Wildman–Crippen MR) is 146 cm³/mol. The summed E-state index contributed by atoms with van der Waals surface area (Å²) in [5.74, 6) is -1.59. The summed E-state index contributed by atoms with van der Waals surface area (Å²) >= 11 is 0. The summed E-state index contributed by atoms with van der Waals surface area (Å²) in [6.07, 6.45) is 0.188. The normalized spacial score (nSPS) is 15.6. The molecule has 0 saturated heterocycles. The number of allylic oxidation sites excluding steroid dienone is 1. The standard InChI is InChI=1S/C31H34FN3O3/c1-4-34(5-2)31(38)28-17-25(30(37)35(21(28)3)20-22-13-15-26(32)16-14-22)18-29(36)33-19-24-11-8-10-23-9-6-7-12-27(23)24/h6-16,25H,4-5,17-20H2,1-3H3,(H,33,36). The lowest BCUT2D eigenvalue weighted by molar-refractivity contribution is -0.139. The monoisotopic (exact) mass is 515 g/mol. The van der Waals surface area contributed by atoms with Gasteiger partial charge in [0.15, 0.2) is 0 Å². The van der Waals surface area contributed by atoms with E-state index in [1.54, 1.807) is 28.9 Å². The van der Waals surface area contributed by atoms with Crippen LogP contribution in [0.25, 0.3) is 10.8 Å². The van der Waals surface area contributed by atoms with Crippen molar-refractivity contribution in [2.24, 2.45) is 5.92 Å². The largest absolute Gasteiger partial charge is 0.352 e. The van der Waals surface area contributed by atoms with Crippen LogP contribution in [-0.4, -0.2) is 40.6 Å². The van der Waals surface area contributed by atoms with E-state index in [-0.39, 0.29) is 42.9 Å². The van der Waals surface area contributed by atoms with Crippen LogP contribution < -0.4 is 5.32 Å². The Hall–Kier alpha value is -4.00. The van der Waals surface area contributed by atoms with E-state index in [1.165, 1.54) is 12.1 Å². The van der Waals surface area contributed by atoms with Crippen LogP contribution in [0.15, 0.2) is 78.0 Å². The number of nitrogens with zero attached hydrogens (tertiary/aromatic N) is 2. The Morgan fingerprint density at radius 3 is 2.39 bits per heavy atom. The van der Waals surface area contributed by atoms with Crippen LogP contribution in [0.2, 0.25) is 0 Å². The fourth-order valence-corrected chi connectivity index (χ4v) is 5.04. The van der Waals surface area contributed by atoms with E-state index in [0.29, 0.717) is 30.9 Å². The van der Waals surface area contributed by atoms with E-state index in [1.807, 2.05) is 56.3 Å². The molecule has 3 aromatic carbocycles. The van der Waals surface area contributed by atoms with Crippen LogP contribution in [0.3, 0.4) is 0 Å². The molecule has 0 aliphatic carbocycles. The number of rotatable bonds is 9. The average Bonchev–Trinajstić information content (AvgIpc) is 2.93. The highest BCUT2D eigenvalue weighted by atomic mass is 19.1. The average molecular weight is 516 g/mol. The van der Waals surface area contributed by atoms with Crippen LogP contribution in [0, 0.1) is 11.7 Å². The number of carbonyl (C=O) groups is 3. The number of halogens is 1. The minimum atomic E-state index is -0.666. The fraction of sp³-hybridized carbons (Fsp3) is 0.323. The van der Waals surface area contributed by atoms with E-state index in [4.69, 9.17) is 0 Å². The number of nitrogens with one attached hydrogen (secondary N) is 1. The molecule has 0 bridgehead atoms. The van der Waals surface area contributed by atoms with E-state index in [9.17, 15) is 18.8 Å². The number of likely N-dealkylation sites (N-methyl/N-ethyl adjacent to an activating group) is 1. The molecule has 0 aromatic heterocycles. The molecule has 1 aliphatic heterocycles. The van der Waals surface area contributed by atoms with Gasteiger partial charge in [0.2, 0.25) is 11.8 Å². The third kappa shape index (κ3) is 5.93. The van der Waals surface area contributed by atoms with Gasteiger partial charge in [0, 0.05) is 37.3 Å². The highest BCUT2D eigenvalue weighted by Crippen LogP contribution is 2.32. The molecule has 0 fully saturated rings. The van der Waals surface area contributed by atoms with Gasteiger partial charge in [0.05, 0.1) is 12.5 Å². The first-order valence-corrected chi connectivity index (χ1v) is 13.1. The van der Waals surface area contributed by atoms with E-state index in [2.05, 4.69) is 5.32 Å². The molecule has 1 atom stereocenters. The Balaban J connectivity index is 1.54. The van der Waals surface area contributed by atoms with Gasteiger partial charge in [-0.1, -0.05) is 54.6 Å². The predicted octanol–water partition coefficient (Wildman–Crippen LogP) is 5.18. The Morgan fingerprint density at radius 2 is 1.68 bits per heavy atom. The number of amides is 3. The quantitative estimate of drug-likeness (QED) is 0.427. The maximum atomic E-state index is 13.6. The van der Waals surface area contributed by atoms with E-state index in [0.717, 1.165) is 21.9 Å². The lowest BCUT2D eigenvalue weighted by atomic mass is 9.88. The van der Waals surface area contributed by atoms with Crippen molar-refractivity contribution < 1.29 is 18.8 Å². The third-order valence-electron chi connectivity index (χ3n) is 7.26. The molecule has 7 heteroatoms. The first kappa shape index (κ1) is 27.0. The number of benzene rings is 3. The van der Waals surface area contributed by atoms with Crippen molar-refractivity contribution in [3.05, 3.63) is 94.9 Å². The van der Waals surface area contributed by atoms with E-state index < -0.39 is 5.92 Å². The molecule has 0 saturated carbocycles. The number of hydrogen-bond donors (Lipinski definition) is 1. The fourth-order valence-electron chi connectivity index (χ4n) is 5.04. The summed E-state index contributed by atoms with van der Waals surface area (Å²) in [6, 6.07) is 19.9. The Labute approximate surface area is 223 Å². The second kappa shape index (κ2) is 12.0. The van der Waals surface area contributed by atoms with Gasteiger partial charge < -0.3 is 15.1 Å². The molecule has 1 N–H and O–H groups in total. The van der Waals surface area contributed by atoms with Crippen molar-refractivity contribution >= 4 is 28.5 Å². The molecule has 0 radical (unpaired) electrons. The highest BCUT2D eigenvalue weighted by molar-refractivity contribution is 5.98. The molecule has 3 amide bonds. The highest BCUT2D eigenvalue weighted by Gasteiger charge is 2.37. The molecule has 1 aliphatic rings. The maximum absolute atomic E-state index is 13.6. The number of fused-ring (bicyclic) bond motifs is 1. The van der Waals surface area contributed by atoms with Crippen LogP contribution in [0.5, 0.6) is 0 Å². The molecule has 198 valence electrons. The van der Waals surface area contributed by atoms with Crippen molar-refractivity contribution in [1.29, 1.82) is 0 Å². The van der Waals surface area contributed by atoms with Gasteiger partial charge in [0.25, 0.3) is 5.91 Å². The summed E-state index contributed by atoms with van der Waals surface area (Å²) < 4.78 is 13.5. The molecule has 38 heavy (non-hydrogen) atoms. The smallest absolute Gasteiger partial charge is 0.251 e. The van der Waals surface area contributed by atoms with Crippen LogP contribution >= 0.6 is 0 Å². The van der Waals surface area contributed by atoms with Gasteiger partial charge in [-0.3, -0.25) is 14.4 Å². The summed E-state index contributed by atoms with van der Waals surface area (Å²) in [4.78, 5) is 43.3. The van der Waals surface area contributed by atoms with Crippen molar-refractivity contribution in [2.75, 3.05) is 13.1 Å². The Morgan fingerprint density at radius 1 is 1.00 bits per heavy atom. The first-order valence-electron chi connectivity index (χ1n) is 13.1. The number of hydrogen-bond acceptors (Lipinski definition) is 3. The zero-order valence-corrected chi connectivity index (χ0v) is 22.2. The van der Waals surface area contributed by atoms with Gasteiger partial charge in [-0.2, -0.15) is 0 Å². The van der Waals surface area contributed by atoms with Gasteiger partial charge in [-0.25, -0.2) is 4.39 Å². The summed E-state index contributed by atoms with van der Waals surface area (Å²) in [5.41, 5.74) is 2.87. The van der Waals surface area contributed by atoms with Crippen LogP contribution in [-0.2, 0) is 27.5 Å². The van der Waals surface area contributed by atoms with Crippen molar-refractivity contribution in [3.8, 4) is 0 Å². The van der Waals surface area contributed by atoms with Gasteiger partial charge >= 0.3 is 0 Å². The topological polar surface area (TPSA) is 69.7 Å². The van der Waals surface area contributed by atoms with Crippen molar-refractivity contribution in [3.63, 3.8) is 0 Å². The third-order valence-corrected chi connectivity index (χ3v) is 7.26.